The summed E-state index contributed by atoms with van der Waals surface area (Å²) in [5.74, 6) is 4.01. The highest BCUT2D eigenvalue weighted by Crippen LogP contribution is 2.39. The van der Waals surface area contributed by atoms with Crippen molar-refractivity contribution in [3.05, 3.63) is 53.9 Å². The summed E-state index contributed by atoms with van der Waals surface area (Å²) in [6.45, 7) is 0.981. The van der Waals surface area contributed by atoms with Crippen molar-refractivity contribution in [2.75, 3.05) is 12.1 Å². The van der Waals surface area contributed by atoms with E-state index in [1.165, 1.54) is 12.8 Å². The van der Waals surface area contributed by atoms with E-state index in [0.29, 0.717) is 19.3 Å². The van der Waals surface area contributed by atoms with Crippen LogP contribution >= 0.6 is 0 Å². The Hall–Kier alpha value is -2.82. The Kier molecular flexibility index (Phi) is 3.04. The molecule has 0 atom stereocenters. The number of aromatic nitrogens is 2. The molecule has 1 saturated carbocycles. The van der Waals surface area contributed by atoms with E-state index < -0.39 is 0 Å². The number of nitrogens with zero attached hydrogens (tertiary/aromatic N) is 2. The maximum absolute atomic E-state index is 5.44. The van der Waals surface area contributed by atoms with Crippen LogP contribution in [0.25, 0.3) is 10.9 Å². The van der Waals surface area contributed by atoms with E-state index in [9.17, 15) is 0 Å². The minimum Gasteiger partial charge on any atom is -0.454 e. The van der Waals surface area contributed by atoms with Crippen molar-refractivity contribution in [1.29, 1.82) is 0 Å². The van der Waals surface area contributed by atoms with Crippen LogP contribution in [0.2, 0.25) is 0 Å². The summed E-state index contributed by atoms with van der Waals surface area (Å²) in [7, 11) is 0. The number of hydrogen-bond donors (Lipinski definition) is 1. The number of rotatable bonds is 4. The van der Waals surface area contributed by atoms with E-state index in [-0.39, 0.29) is 0 Å². The van der Waals surface area contributed by atoms with Crippen molar-refractivity contribution in [2.45, 2.75) is 25.3 Å². The molecule has 2 heterocycles. The first-order valence-corrected chi connectivity index (χ1v) is 8.26. The molecule has 1 fully saturated rings. The van der Waals surface area contributed by atoms with Gasteiger partial charge in [-0.25, -0.2) is 9.97 Å². The summed E-state index contributed by atoms with van der Waals surface area (Å²) in [6.07, 6.45) is 2.39. The Labute approximate surface area is 139 Å². The molecule has 5 heteroatoms. The number of anilines is 1. The highest BCUT2D eigenvalue weighted by atomic mass is 16.7. The fraction of sp³-hybridized carbons (Fsp3) is 0.263. The highest BCUT2D eigenvalue weighted by Gasteiger charge is 2.27. The molecule has 2 aromatic carbocycles. The van der Waals surface area contributed by atoms with Crippen molar-refractivity contribution < 1.29 is 9.47 Å². The third-order valence-corrected chi connectivity index (χ3v) is 4.46. The van der Waals surface area contributed by atoms with E-state index >= 15 is 0 Å². The lowest BCUT2D eigenvalue weighted by Crippen LogP contribution is -2.05. The van der Waals surface area contributed by atoms with Gasteiger partial charge in [0.15, 0.2) is 11.5 Å². The lowest BCUT2D eigenvalue weighted by Gasteiger charge is -2.11. The average molecular weight is 319 g/mol. The second kappa shape index (κ2) is 5.37. The second-order valence-electron chi connectivity index (χ2n) is 6.26. The van der Waals surface area contributed by atoms with Crippen LogP contribution in [0.4, 0.5) is 5.82 Å². The van der Waals surface area contributed by atoms with Gasteiger partial charge in [0.05, 0.1) is 5.52 Å². The molecule has 3 aromatic rings. The highest BCUT2D eigenvalue weighted by molar-refractivity contribution is 5.89. The topological polar surface area (TPSA) is 56.3 Å². The lowest BCUT2D eigenvalue weighted by molar-refractivity contribution is 0.174. The van der Waals surface area contributed by atoms with Gasteiger partial charge in [-0.2, -0.15) is 0 Å². The molecule has 5 rings (SSSR count). The first-order chi connectivity index (χ1) is 11.9. The first kappa shape index (κ1) is 13.6. The van der Waals surface area contributed by atoms with Gasteiger partial charge in [0.25, 0.3) is 0 Å². The van der Waals surface area contributed by atoms with Crippen LogP contribution in [0.15, 0.2) is 42.5 Å². The summed E-state index contributed by atoms with van der Waals surface area (Å²) >= 11 is 0. The van der Waals surface area contributed by atoms with Crippen molar-refractivity contribution >= 4 is 16.7 Å². The Morgan fingerprint density at radius 3 is 2.79 bits per heavy atom. The molecule has 0 radical (unpaired) electrons. The molecule has 2 aliphatic rings. The number of ether oxygens (including phenoxy) is 2. The Balaban J connectivity index is 1.45. The monoisotopic (exact) mass is 319 g/mol. The molecular formula is C19H17N3O2. The van der Waals surface area contributed by atoms with Gasteiger partial charge < -0.3 is 14.8 Å². The van der Waals surface area contributed by atoms with E-state index in [0.717, 1.165) is 39.6 Å². The molecule has 0 saturated heterocycles. The predicted molar refractivity (Wildman–Crippen MR) is 91.4 cm³/mol. The predicted octanol–water partition coefficient (Wildman–Crippen LogP) is 3.85. The standard InChI is InChI=1S/C19H17N3O2/c1-2-4-15-14(3-1)19(22-18(21-15)13-6-7-13)20-10-12-5-8-16-17(9-12)24-11-23-16/h1-5,8-9,13H,6-7,10-11H2,(H,20,21,22). The van der Waals surface area contributed by atoms with E-state index in [2.05, 4.69) is 17.4 Å². The van der Waals surface area contributed by atoms with Crippen LogP contribution in [0.3, 0.4) is 0 Å². The number of nitrogens with one attached hydrogen (secondary N) is 1. The van der Waals surface area contributed by atoms with Gasteiger partial charge in [-0.1, -0.05) is 18.2 Å². The molecule has 1 aliphatic heterocycles. The van der Waals surface area contributed by atoms with Gasteiger partial charge in [0, 0.05) is 17.8 Å². The first-order valence-electron chi connectivity index (χ1n) is 8.26. The van der Waals surface area contributed by atoms with Crippen LogP contribution in [-0.2, 0) is 6.54 Å². The molecular weight excluding hydrogens is 302 g/mol. The van der Waals surface area contributed by atoms with E-state index in [4.69, 9.17) is 19.4 Å². The Morgan fingerprint density at radius 2 is 1.88 bits per heavy atom. The molecule has 1 aromatic heterocycles. The fourth-order valence-electron chi connectivity index (χ4n) is 2.99. The van der Waals surface area contributed by atoms with Crippen molar-refractivity contribution in [2.24, 2.45) is 0 Å². The number of benzene rings is 2. The maximum Gasteiger partial charge on any atom is 0.231 e. The molecule has 1 N–H and O–H groups in total. The third kappa shape index (κ3) is 2.42. The molecule has 0 amide bonds. The Bertz CT molecular complexity index is 922. The van der Waals surface area contributed by atoms with Crippen molar-refractivity contribution in [1.82, 2.24) is 9.97 Å². The van der Waals surface area contributed by atoms with Crippen LogP contribution in [0.1, 0.15) is 30.1 Å². The lowest BCUT2D eigenvalue weighted by atomic mass is 10.2. The van der Waals surface area contributed by atoms with Gasteiger partial charge in [0.1, 0.15) is 11.6 Å². The summed E-state index contributed by atoms with van der Waals surface area (Å²) < 4.78 is 10.8. The fourth-order valence-corrected chi connectivity index (χ4v) is 2.99. The molecule has 5 nitrogen and oxygen atoms in total. The molecule has 0 bridgehead atoms. The van der Waals surface area contributed by atoms with Crippen molar-refractivity contribution in [3.8, 4) is 11.5 Å². The third-order valence-electron chi connectivity index (χ3n) is 4.46. The van der Waals surface area contributed by atoms with Gasteiger partial charge in [0.2, 0.25) is 6.79 Å². The van der Waals surface area contributed by atoms with Crippen LogP contribution in [-0.4, -0.2) is 16.8 Å². The minimum absolute atomic E-state index is 0.299. The number of fused-ring (bicyclic) bond motifs is 2. The zero-order valence-corrected chi connectivity index (χ0v) is 13.2. The van der Waals surface area contributed by atoms with Gasteiger partial charge in [-0.3, -0.25) is 0 Å². The largest absolute Gasteiger partial charge is 0.454 e. The number of para-hydroxylation sites is 1. The normalized spacial score (nSPS) is 15.7. The smallest absolute Gasteiger partial charge is 0.231 e. The summed E-state index contributed by atoms with van der Waals surface area (Å²) in [6, 6.07) is 14.2. The zero-order valence-electron chi connectivity index (χ0n) is 13.2. The Morgan fingerprint density at radius 1 is 1.00 bits per heavy atom. The van der Waals surface area contributed by atoms with Gasteiger partial charge in [-0.05, 0) is 42.7 Å². The minimum atomic E-state index is 0.299. The summed E-state index contributed by atoms with van der Waals surface area (Å²) in [5.41, 5.74) is 2.14. The van der Waals surface area contributed by atoms with Crippen LogP contribution in [0.5, 0.6) is 11.5 Å². The van der Waals surface area contributed by atoms with Gasteiger partial charge >= 0.3 is 0 Å². The molecule has 120 valence electrons. The summed E-state index contributed by atoms with van der Waals surface area (Å²) in [5, 5.41) is 4.53. The average Bonchev–Trinajstić information content (AvgIpc) is 3.37. The molecule has 24 heavy (non-hydrogen) atoms. The molecule has 0 unspecified atom stereocenters. The zero-order chi connectivity index (χ0) is 15.9. The van der Waals surface area contributed by atoms with Crippen LogP contribution in [0, 0.1) is 0 Å². The maximum atomic E-state index is 5.44. The summed E-state index contributed by atoms with van der Waals surface area (Å²) in [4.78, 5) is 9.48. The quantitative estimate of drug-likeness (QED) is 0.791. The van der Waals surface area contributed by atoms with Gasteiger partial charge in [-0.15, -0.1) is 0 Å². The number of hydrogen-bond acceptors (Lipinski definition) is 5. The second-order valence-corrected chi connectivity index (χ2v) is 6.26. The van der Waals surface area contributed by atoms with E-state index in [1.807, 2.05) is 30.3 Å². The molecule has 0 spiro atoms. The van der Waals surface area contributed by atoms with Crippen molar-refractivity contribution in [3.63, 3.8) is 0 Å². The van der Waals surface area contributed by atoms with Crippen LogP contribution < -0.4 is 14.8 Å². The van der Waals surface area contributed by atoms with E-state index in [1.54, 1.807) is 0 Å². The SMILES string of the molecule is c1ccc2c(NCc3ccc4c(c3)OCO4)nc(C3CC3)nc2c1. The molecule has 1 aliphatic carbocycles.